The van der Waals surface area contributed by atoms with Crippen molar-refractivity contribution in [3.63, 3.8) is 0 Å². The zero-order chi connectivity index (χ0) is 14.6. The number of nitrogens with zero attached hydrogens (tertiary/aromatic N) is 1. The lowest BCUT2D eigenvalue weighted by Gasteiger charge is -2.28. The quantitative estimate of drug-likeness (QED) is 0.761. The van der Waals surface area contributed by atoms with Crippen LogP contribution in [-0.4, -0.2) is 69.1 Å². The summed E-state index contributed by atoms with van der Waals surface area (Å²) < 4.78 is 28.7. The van der Waals surface area contributed by atoms with Gasteiger partial charge in [0.2, 0.25) is 5.91 Å². The highest BCUT2D eigenvalue weighted by molar-refractivity contribution is 7.91. The molecule has 0 bridgehead atoms. The number of likely N-dealkylation sites (N-methyl/N-ethyl adjacent to an activating group) is 1. The molecule has 2 atom stereocenters. The monoisotopic (exact) mass is 304 g/mol. The van der Waals surface area contributed by atoms with Crippen molar-refractivity contribution in [1.29, 1.82) is 0 Å². The van der Waals surface area contributed by atoms with E-state index >= 15 is 0 Å². The molecule has 2 heterocycles. The molecule has 116 valence electrons. The molecular weight excluding hydrogens is 280 g/mol. The highest BCUT2D eigenvalue weighted by Crippen LogP contribution is 2.14. The molecule has 20 heavy (non-hydrogen) atoms. The molecule has 0 aromatic rings. The number of amides is 1. The molecule has 0 aliphatic carbocycles. The Balaban J connectivity index is 1.85. The Kier molecular flexibility index (Phi) is 5.40. The molecule has 2 unspecified atom stereocenters. The Labute approximate surface area is 120 Å². The number of nitrogens with one attached hydrogen (secondary N) is 1. The van der Waals surface area contributed by atoms with E-state index in [2.05, 4.69) is 5.32 Å². The van der Waals surface area contributed by atoms with Crippen molar-refractivity contribution in [1.82, 2.24) is 10.2 Å². The number of rotatable bonds is 5. The van der Waals surface area contributed by atoms with Gasteiger partial charge in [-0.15, -0.1) is 0 Å². The van der Waals surface area contributed by atoms with Gasteiger partial charge in [-0.25, -0.2) is 8.42 Å². The van der Waals surface area contributed by atoms with E-state index in [9.17, 15) is 13.2 Å². The average Bonchev–Trinajstić information content (AvgIpc) is 2.87. The van der Waals surface area contributed by atoms with Crippen molar-refractivity contribution >= 4 is 15.7 Å². The van der Waals surface area contributed by atoms with Gasteiger partial charge >= 0.3 is 0 Å². The maximum Gasteiger partial charge on any atom is 0.224 e. The summed E-state index contributed by atoms with van der Waals surface area (Å²) in [5.41, 5.74) is 0. The Morgan fingerprint density at radius 3 is 2.85 bits per heavy atom. The number of hydrogen-bond acceptors (Lipinski definition) is 5. The van der Waals surface area contributed by atoms with Gasteiger partial charge in [0.1, 0.15) is 0 Å². The maximum absolute atomic E-state index is 12.3. The largest absolute Gasteiger partial charge is 0.376 e. The van der Waals surface area contributed by atoms with Gasteiger partial charge in [0.05, 0.1) is 17.6 Å². The smallest absolute Gasteiger partial charge is 0.224 e. The van der Waals surface area contributed by atoms with Crippen LogP contribution in [0, 0.1) is 0 Å². The lowest BCUT2D eigenvalue weighted by atomic mass is 10.2. The van der Waals surface area contributed by atoms with Gasteiger partial charge in [0.15, 0.2) is 9.84 Å². The molecule has 0 spiro atoms. The first kappa shape index (κ1) is 15.7. The van der Waals surface area contributed by atoms with Crippen LogP contribution in [0.2, 0.25) is 0 Å². The third-order valence-corrected chi connectivity index (χ3v) is 5.64. The third kappa shape index (κ3) is 4.43. The molecule has 0 saturated carbocycles. The lowest BCUT2D eigenvalue weighted by Crippen LogP contribution is -2.48. The summed E-state index contributed by atoms with van der Waals surface area (Å²) in [4.78, 5) is 14.1. The predicted molar refractivity (Wildman–Crippen MR) is 76.3 cm³/mol. The van der Waals surface area contributed by atoms with Crippen molar-refractivity contribution in [3.8, 4) is 0 Å². The second kappa shape index (κ2) is 6.87. The van der Waals surface area contributed by atoms with Gasteiger partial charge in [0, 0.05) is 38.7 Å². The number of carbonyl (C=O) groups is 1. The molecule has 6 nitrogen and oxygen atoms in total. The van der Waals surface area contributed by atoms with Crippen molar-refractivity contribution in [3.05, 3.63) is 0 Å². The molecule has 0 aromatic heterocycles. The number of ether oxygens (including phenoxy) is 1. The Bertz CT molecular complexity index is 432. The minimum atomic E-state index is -2.99. The first-order chi connectivity index (χ1) is 9.50. The minimum Gasteiger partial charge on any atom is -0.376 e. The second-order valence-electron chi connectivity index (χ2n) is 5.54. The molecule has 1 amide bonds. The van der Waals surface area contributed by atoms with E-state index in [4.69, 9.17) is 4.74 Å². The Morgan fingerprint density at radius 2 is 2.25 bits per heavy atom. The molecule has 0 aromatic carbocycles. The van der Waals surface area contributed by atoms with Gasteiger partial charge in [-0.05, 0) is 19.8 Å². The summed E-state index contributed by atoms with van der Waals surface area (Å²) in [6.07, 6.45) is 2.44. The van der Waals surface area contributed by atoms with Crippen LogP contribution in [0.1, 0.15) is 26.2 Å². The van der Waals surface area contributed by atoms with Crippen LogP contribution < -0.4 is 5.32 Å². The molecular formula is C13H24N2O4S. The summed E-state index contributed by atoms with van der Waals surface area (Å²) >= 11 is 0. The molecule has 0 radical (unpaired) electrons. The van der Waals surface area contributed by atoms with Crippen LogP contribution in [-0.2, 0) is 19.4 Å². The van der Waals surface area contributed by atoms with Crippen LogP contribution >= 0.6 is 0 Å². The number of carbonyl (C=O) groups excluding carboxylic acids is 1. The summed E-state index contributed by atoms with van der Waals surface area (Å²) in [7, 11) is -2.99. The molecule has 2 aliphatic heterocycles. The maximum atomic E-state index is 12.3. The highest BCUT2D eigenvalue weighted by atomic mass is 32.2. The molecule has 2 aliphatic rings. The van der Waals surface area contributed by atoms with Crippen LogP contribution in [0.15, 0.2) is 0 Å². The summed E-state index contributed by atoms with van der Waals surface area (Å²) in [6.45, 7) is 4.42. The lowest BCUT2D eigenvalue weighted by molar-refractivity contribution is -0.133. The Morgan fingerprint density at radius 1 is 1.45 bits per heavy atom. The van der Waals surface area contributed by atoms with E-state index in [1.54, 1.807) is 4.90 Å². The van der Waals surface area contributed by atoms with Crippen LogP contribution in [0.3, 0.4) is 0 Å². The number of sulfone groups is 1. The summed E-state index contributed by atoms with van der Waals surface area (Å²) in [5, 5.41) is 3.12. The van der Waals surface area contributed by atoms with E-state index in [1.165, 1.54) is 0 Å². The zero-order valence-electron chi connectivity index (χ0n) is 12.0. The van der Waals surface area contributed by atoms with Crippen LogP contribution in [0.4, 0.5) is 0 Å². The van der Waals surface area contributed by atoms with Gasteiger partial charge in [-0.1, -0.05) is 0 Å². The summed E-state index contributed by atoms with van der Waals surface area (Å²) in [6, 6.07) is -0.250. The fraction of sp³-hybridized carbons (Fsp3) is 0.923. The van der Waals surface area contributed by atoms with Crippen LogP contribution in [0.5, 0.6) is 0 Å². The fourth-order valence-corrected chi connectivity index (χ4v) is 4.22. The van der Waals surface area contributed by atoms with Gasteiger partial charge in [0.25, 0.3) is 0 Å². The van der Waals surface area contributed by atoms with Gasteiger partial charge in [-0.2, -0.15) is 0 Å². The van der Waals surface area contributed by atoms with E-state index in [1.807, 2.05) is 6.92 Å². The van der Waals surface area contributed by atoms with E-state index in [0.717, 1.165) is 19.4 Å². The molecule has 7 heteroatoms. The van der Waals surface area contributed by atoms with Crippen LogP contribution in [0.25, 0.3) is 0 Å². The Hall–Kier alpha value is -0.660. The first-order valence-electron chi connectivity index (χ1n) is 7.33. The first-order valence-corrected chi connectivity index (χ1v) is 9.15. The standard InChI is InChI=1S/C13H24N2O4S/c1-2-15(9-12-4-3-6-19-12)13(16)8-11-10-20(17,18)7-5-14-11/h11-12,14H,2-10H2,1H3. The average molecular weight is 304 g/mol. The van der Waals surface area contributed by atoms with Crippen molar-refractivity contribution in [2.75, 3.05) is 37.7 Å². The van der Waals surface area contributed by atoms with Crippen molar-refractivity contribution in [2.24, 2.45) is 0 Å². The summed E-state index contributed by atoms with van der Waals surface area (Å²) in [5.74, 6) is 0.249. The molecule has 1 N–H and O–H groups in total. The van der Waals surface area contributed by atoms with Crippen molar-refractivity contribution in [2.45, 2.75) is 38.3 Å². The zero-order valence-corrected chi connectivity index (χ0v) is 12.8. The second-order valence-corrected chi connectivity index (χ2v) is 7.77. The van der Waals surface area contributed by atoms with Gasteiger partial charge < -0.3 is 15.0 Å². The molecule has 2 rings (SSSR count). The molecule has 2 fully saturated rings. The van der Waals surface area contributed by atoms with Crippen molar-refractivity contribution < 1.29 is 17.9 Å². The SMILES string of the molecule is CCN(CC1CCCO1)C(=O)CC1CS(=O)(=O)CCN1. The van der Waals surface area contributed by atoms with Gasteiger partial charge in [-0.3, -0.25) is 4.79 Å². The fourth-order valence-electron chi connectivity index (χ4n) is 2.78. The topological polar surface area (TPSA) is 75.7 Å². The number of hydrogen-bond donors (Lipinski definition) is 1. The minimum absolute atomic E-state index is 0.0117. The normalized spacial score (nSPS) is 29.2. The molecule has 2 saturated heterocycles. The highest BCUT2D eigenvalue weighted by Gasteiger charge is 2.28. The van der Waals surface area contributed by atoms with E-state index in [0.29, 0.717) is 19.6 Å². The van der Waals surface area contributed by atoms with E-state index in [-0.39, 0.29) is 36.0 Å². The van der Waals surface area contributed by atoms with E-state index < -0.39 is 9.84 Å². The predicted octanol–water partition coefficient (Wildman–Crippen LogP) is -0.209. The third-order valence-electron chi connectivity index (χ3n) is 3.90.